The lowest BCUT2D eigenvalue weighted by Crippen LogP contribution is -2.54. The number of primary amides is 1. The van der Waals surface area contributed by atoms with Gasteiger partial charge in [0.15, 0.2) is 0 Å². The number of nitrogens with zero attached hydrogens (tertiary/aromatic N) is 1. The second-order valence-electron chi connectivity index (χ2n) is 11.0. The summed E-state index contributed by atoms with van der Waals surface area (Å²) in [6, 6.07) is 20.9. The summed E-state index contributed by atoms with van der Waals surface area (Å²) in [6.07, 6.45) is 3.16. The van der Waals surface area contributed by atoms with Crippen molar-refractivity contribution in [3.63, 3.8) is 0 Å². The summed E-state index contributed by atoms with van der Waals surface area (Å²) in [5, 5.41) is 13.1. The van der Waals surface area contributed by atoms with Gasteiger partial charge in [-0.05, 0) is 75.9 Å². The predicted octanol–water partition coefficient (Wildman–Crippen LogP) is 2.57. The van der Waals surface area contributed by atoms with Crippen molar-refractivity contribution in [3.05, 3.63) is 78.4 Å². The SMILES string of the molecule is NCCCC[C@H](NC(=O)[C@H](CCCCN)NC(=O)CNC(=O)c1cccc2c(Nc3ccccc3)c3ccccc3nc12)C(N)=O. The molecule has 0 unspecified atom stereocenters. The number of carbonyl (C=O) groups excluding carboxylic acids is 4. The first-order valence-electron chi connectivity index (χ1n) is 15.5. The van der Waals surface area contributed by atoms with E-state index >= 15 is 0 Å². The van der Waals surface area contributed by atoms with Gasteiger partial charge in [0, 0.05) is 16.5 Å². The van der Waals surface area contributed by atoms with E-state index in [4.69, 9.17) is 22.2 Å². The second-order valence-corrected chi connectivity index (χ2v) is 11.0. The van der Waals surface area contributed by atoms with Gasteiger partial charge < -0.3 is 38.5 Å². The van der Waals surface area contributed by atoms with E-state index in [9.17, 15) is 19.2 Å². The van der Waals surface area contributed by atoms with Crippen LogP contribution in [0.15, 0.2) is 72.8 Å². The molecule has 4 amide bonds. The molecule has 0 aliphatic heterocycles. The number of unbranched alkanes of at least 4 members (excludes halogenated alkanes) is 2. The van der Waals surface area contributed by atoms with Crippen LogP contribution in [0.5, 0.6) is 0 Å². The van der Waals surface area contributed by atoms with Crippen molar-refractivity contribution in [3.8, 4) is 0 Å². The Morgan fingerprint density at radius 3 is 2.07 bits per heavy atom. The monoisotopic (exact) mass is 626 g/mol. The molecule has 3 aromatic carbocycles. The molecule has 4 rings (SSSR count). The molecule has 4 aromatic rings. The Balaban J connectivity index is 1.49. The number of aromatic nitrogens is 1. The van der Waals surface area contributed by atoms with E-state index in [2.05, 4.69) is 21.3 Å². The zero-order valence-electron chi connectivity index (χ0n) is 25.8. The van der Waals surface area contributed by atoms with Crippen LogP contribution in [0.2, 0.25) is 0 Å². The minimum atomic E-state index is -0.940. The lowest BCUT2D eigenvalue weighted by atomic mass is 10.0. The Hall–Kier alpha value is -5.07. The number of fused-ring (bicyclic) bond motifs is 2. The van der Waals surface area contributed by atoms with Crippen molar-refractivity contribution in [2.45, 2.75) is 50.6 Å². The maximum Gasteiger partial charge on any atom is 0.253 e. The molecule has 0 fully saturated rings. The van der Waals surface area contributed by atoms with Gasteiger partial charge in [0.1, 0.15) is 12.1 Å². The number of nitrogens with two attached hydrogens (primary N) is 3. The molecule has 0 aliphatic rings. The van der Waals surface area contributed by atoms with Crippen molar-refractivity contribution in [1.29, 1.82) is 0 Å². The van der Waals surface area contributed by atoms with E-state index in [1.807, 2.05) is 60.7 Å². The lowest BCUT2D eigenvalue weighted by molar-refractivity contribution is -0.131. The summed E-state index contributed by atoms with van der Waals surface area (Å²) in [7, 11) is 0. The fraction of sp³-hybridized carbons (Fsp3) is 0.324. The predicted molar refractivity (Wildman–Crippen MR) is 180 cm³/mol. The maximum absolute atomic E-state index is 13.4. The molecular weight excluding hydrogens is 584 g/mol. The van der Waals surface area contributed by atoms with E-state index in [1.54, 1.807) is 12.1 Å². The maximum atomic E-state index is 13.4. The molecule has 242 valence electrons. The number of anilines is 2. The van der Waals surface area contributed by atoms with Crippen molar-refractivity contribution in [1.82, 2.24) is 20.9 Å². The topological polar surface area (TPSA) is 207 Å². The van der Waals surface area contributed by atoms with E-state index in [1.165, 1.54) is 0 Å². The molecule has 2 atom stereocenters. The second kappa shape index (κ2) is 16.8. The number of hydrogen-bond acceptors (Lipinski definition) is 8. The molecular formula is C34H42N8O4. The van der Waals surface area contributed by atoms with Crippen LogP contribution in [0.4, 0.5) is 11.4 Å². The highest BCUT2D eigenvalue weighted by Crippen LogP contribution is 2.34. The Kier molecular flexibility index (Phi) is 12.4. The van der Waals surface area contributed by atoms with E-state index in [0.717, 1.165) is 22.1 Å². The van der Waals surface area contributed by atoms with Crippen LogP contribution in [0.1, 0.15) is 48.9 Å². The third-order valence-corrected chi connectivity index (χ3v) is 7.61. The number of para-hydroxylation sites is 3. The van der Waals surface area contributed by atoms with E-state index in [-0.39, 0.29) is 6.54 Å². The Labute approximate surface area is 267 Å². The molecule has 12 nitrogen and oxygen atoms in total. The van der Waals surface area contributed by atoms with Crippen LogP contribution >= 0.6 is 0 Å². The first-order valence-corrected chi connectivity index (χ1v) is 15.5. The number of benzene rings is 3. The third-order valence-electron chi connectivity index (χ3n) is 7.61. The summed E-state index contributed by atoms with van der Waals surface area (Å²) in [4.78, 5) is 56.3. The highest BCUT2D eigenvalue weighted by molar-refractivity contribution is 6.15. The van der Waals surface area contributed by atoms with Gasteiger partial charge in [-0.15, -0.1) is 0 Å². The smallest absolute Gasteiger partial charge is 0.253 e. The quantitative estimate of drug-likeness (QED) is 0.0683. The van der Waals surface area contributed by atoms with Crippen LogP contribution in [0.25, 0.3) is 21.8 Å². The van der Waals surface area contributed by atoms with Crippen LogP contribution in [-0.2, 0) is 14.4 Å². The molecule has 12 heteroatoms. The van der Waals surface area contributed by atoms with E-state index < -0.39 is 35.7 Å². The zero-order valence-corrected chi connectivity index (χ0v) is 25.8. The highest BCUT2D eigenvalue weighted by Gasteiger charge is 2.25. The van der Waals surface area contributed by atoms with Gasteiger partial charge in [-0.25, -0.2) is 4.98 Å². The Morgan fingerprint density at radius 1 is 0.717 bits per heavy atom. The summed E-state index contributed by atoms with van der Waals surface area (Å²) in [6.45, 7) is 0.507. The molecule has 0 saturated heterocycles. The molecule has 0 saturated carbocycles. The number of rotatable bonds is 17. The van der Waals surface area contributed by atoms with Gasteiger partial charge in [-0.1, -0.05) is 48.5 Å². The third kappa shape index (κ3) is 8.99. The number of nitrogens with one attached hydrogen (secondary N) is 4. The first kappa shape index (κ1) is 33.8. The fourth-order valence-corrected chi connectivity index (χ4v) is 5.21. The average Bonchev–Trinajstić information content (AvgIpc) is 3.06. The highest BCUT2D eigenvalue weighted by atomic mass is 16.2. The molecule has 1 heterocycles. The normalized spacial score (nSPS) is 12.3. The van der Waals surface area contributed by atoms with Gasteiger partial charge in [0.2, 0.25) is 17.7 Å². The minimum Gasteiger partial charge on any atom is -0.368 e. The number of pyridine rings is 1. The lowest BCUT2D eigenvalue weighted by Gasteiger charge is -2.22. The van der Waals surface area contributed by atoms with Crippen LogP contribution in [0.3, 0.4) is 0 Å². The van der Waals surface area contributed by atoms with Crippen LogP contribution < -0.4 is 38.5 Å². The molecule has 10 N–H and O–H groups in total. The zero-order chi connectivity index (χ0) is 32.9. The van der Waals surface area contributed by atoms with Gasteiger partial charge >= 0.3 is 0 Å². The molecule has 46 heavy (non-hydrogen) atoms. The summed E-state index contributed by atoms with van der Waals surface area (Å²) in [5.74, 6) is -2.25. The largest absolute Gasteiger partial charge is 0.368 e. The Morgan fingerprint density at radius 2 is 1.37 bits per heavy atom. The number of hydrogen-bond donors (Lipinski definition) is 7. The summed E-state index contributed by atoms with van der Waals surface area (Å²) >= 11 is 0. The number of carbonyl (C=O) groups is 4. The fourth-order valence-electron chi connectivity index (χ4n) is 5.21. The Bertz CT molecular complexity index is 1660. The summed E-state index contributed by atoms with van der Waals surface area (Å²) in [5.41, 5.74) is 19.8. The van der Waals surface area contributed by atoms with Crippen molar-refractivity contribution >= 4 is 56.8 Å². The minimum absolute atomic E-state index is 0.297. The molecule has 0 bridgehead atoms. The first-order chi connectivity index (χ1) is 22.3. The molecule has 1 aromatic heterocycles. The van der Waals surface area contributed by atoms with Gasteiger partial charge in [-0.3, -0.25) is 19.2 Å². The van der Waals surface area contributed by atoms with Gasteiger partial charge in [0.05, 0.1) is 28.8 Å². The van der Waals surface area contributed by atoms with Gasteiger partial charge in [-0.2, -0.15) is 0 Å². The van der Waals surface area contributed by atoms with Crippen molar-refractivity contribution in [2.24, 2.45) is 17.2 Å². The molecule has 0 aliphatic carbocycles. The standard InChI is InChI=1S/C34H42N8O4/c35-19-8-6-17-27(32(37)44)42-34(46)28(18-7-9-20-36)40-29(43)21-38-33(45)25-15-10-14-24-30(39-22-11-2-1-3-12-22)23-13-4-5-16-26(23)41-31(24)25/h1-5,10-16,27-28H,6-9,17-21,35-36H2,(H2,37,44)(H,38,45)(H,39,41)(H,40,43)(H,42,46)/t27-,28-/m0/s1. The van der Waals surface area contributed by atoms with E-state index in [0.29, 0.717) is 68.2 Å². The number of amides is 4. The van der Waals surface area contributed by atoms with Crippen molar-refractivity contribution in [2.75, 3.05) is 25.0 Å². The molecule has 0 radical (unpaired) electrons. The average molecular weight is 627 g/mol. The van der Waals surface area contributed by atoms with Gasteiger partial charge in [0.25, 0.3) is 5.91 Å². The molecule has 0 spiro atoms. The summed E-state index contributed by atoms with van der Waals surface area (Å²) < 4.78 is 0. The van der Waals surface area contributed by atoms with Crippen LogP contribution in [-0.4, -0.2) is 60.3 Å². The van der Waals surface area contributed by atoms with Crippen molar-refractivity contribution < 1.29 is 19.2 Å². The van der Waals surface area contributed by atoms with Crippen LogP contribution in [0, 0.1) is 0 Å².